The Labute approximate surface area is 84.8 Å². The first kappa shape index (κ1) is 11.2. The van der Waals surface area contributed by atoms with E-state index in [-0.39, 0.29) is 0 Å². The van der Waals surface area contributed by atoms with Crippen molar-refractivity contribution >= 4 is 0 Å². The van der Waals surface area contributed by atoms with Crippen LogP contribution in [0.3, 0.4) is 0 Å². The lowest BCUT2D eigenvalue weighted by Crippen LogP contribution is -2.03. The third-order valence-corrected chi connectivity index (χ3v) is 2.13. The minimum absolute atomic E-state index is 0.567. The number of methoxy groups -OCH3 is 1. The van der Waals surface area contributed by atoms with E-state index in [9.17, 15) is 0 Å². The standard InChI is InChI=1S/C11H17NO2/c1-13-8-6-10-2-4-11(5-3-10)7-9-14-12/h2-5H,6-9,12H2,1H3. The highest BCUT2D eigenvalue weighted by Gasteiger charge is 1.94. The zero-order valence-corrected chi connectivity index (χ0v) is 8.53. The van der Waals surface area contributed by atoms with Gasteiger partial charge in [-0.15, -0.1) is 0 Å². The molecule has 0 saturated heterocycles. The molecular weight excluding hydrogens is 178 g/mol. The van der Waals surface area contributed by atoms with E-state index >= 15 is 0 Å². The summed E-state index contributed by atoms with van der Waals surface area (Å²) in [5.41, 5.74) is 2.54. The Hall–Kier alpha value is -0.900. The van der Waals surface area contributed by atoms with E-state index in [0.29, 0.717) is 6.61 Å². The molecule has 0 unspecified atom stereocenters. The SMILES string of the molecule is COCCc1ccc(CCON)cc1. The van der Waals surface area contributed by atoms with Crippen molar-refractivity contribution in [3.63, 3.8) is 0 Å². The number of rotatable bonds is 6. The lowest BCUT2D eigenvalue weighted by molar-refractivity contribution is 0.141. The number of hydrogen-bond donors (Lipinski definition) is 1. The monoisotopic (exact) mass is 195 g/mol. The van der Waals surface area contributed by atoms with Crippen molar-refractivity contribution in [2.75, 3.05) is 20.3 Å². The van der Waals surface area contributed by atoms with Crippen molar-refractivity contribution in [2.45, 2.75) is 12.8 Å². The van der Waals surface area contributed by atoms with Gasteiger partial charge in [0.25, 0.3) is 0 Å². The van der Waals surface area contributed by atoms with Gasteiger partial charge in [-0.1, -0.05) is 24.3 Å². The molecular formula is C11H17NO2. The van der Waals surface area contributed by atoms with Crippen LogP contribution < -0.4 is 5.90 Å². The van der Waals surface area contributed by atoms with Crippen LogP contribution >= 0.6 is 0 Å². The van der Waals surface area contributed by atoms with Crippen molar-refractivity contribution < 1.29 is 9.57 Å². The summed E-state index contributed by atoms with van der Waals surface area (Å²) in [4.78, 5) is 4.52. The molecule has 0 amide bonds. The molecule has 3 heteroatoms. The van der Waals surface area contributed by atoms with Crippen LogP contribution in [0.25, 0.3) is 0 Å². The molecule has 78 valence electrons. The Kier molecular flexibility index (Phi) is 5.22. The maximum atomic E-state index is 5.00. The molecule has 0 heterocycles. The minimum Gasteiger partial charge on any atom is -0.384 e. The van der Waals surface area contributed by atoms with Gasteiger partial charge in [0.2, 0.25) is 0 Å². The van der Waals surface area contributed by atoms with E-state index < -0.39 is 0 Å². The van der Waals surface area contributed by atoms with Gasteiger partial charge in [-0.25, -0.2) is 5.90 Å². The number of ether oxygens (including phenoxy) is 1. The van der Waals surface area contributed by atoms with Gasteiger partial charge in [-0.05, 0) is 24.0 Å². The quantitative estimate of drug-likeness (QED) is 0.696. The Balaban J connectivity index is 2.42. The molecule has 0 aliphatic rings. The van der Waals surface area contributed by atoms with Gasteiger partial charge >= 0.3 is 0 Å². The van der Waals surface area contributed by atoms with Crippen LogP contribution in [0, 0.1) is 0 Å². The fraction of sp³-hybridized carbons (Fsp3) is 0.455. The molecule has 0 aromatic heterocycles. The topological polar surface area (TPSA) is 44.5 Å². The second-order valence-electron chi connectivity index (χ2n) is 3.18. The zero-order chi connectivity index (χ0) is 10.2. The van der Waals surface area contributed by atoms with Gasteiger partial charge in [0.15, 0.2) is 0 Å². The summed E-state index contributed by atoms with van der Waals surface area (Å²) in [6, 6.07) is 8.43. The highest BCUT2D eigenvalue weighted by atomic mass is 16.6. The van der Waals surface area contributed by atoms with Gasteiger partial charge in [0, 0.05) is 7.11 Å². The predicted molar refractivity (Wildman–Crippen MR) is 55.9 cm³/mol. The molecule has 14 heavy (non-hydrogen) atoms. The van der Waals surface area contributed by atoms with Crippen LogP contribution in [0.15, 0.2) is 24.3 Å². The average molecular weight is 195 g/mol. The lowest BCUT2D eigenvalue weighted by Gasteiger charge is -2.03. The van der Waals surface area contributed by atoms with Gasteiger partial charge in [-0.3, -0.25) is 0 Å². The molecule has 1 rings (SSSR count). The second kappa shape index (κ2) is 6.54. The Morgan fingerprint density at radius 2 is 1.50 bits per heavy atom. The van der Waals surface area contributed by atoms with Gasteiger partial charge in [-0.2, -0.15) is 0 Å². The number of hydrogen-bond acceptors (Lipinski definition) is 3. The molecule has 0 spiro atoms. The smallest absolute Gasteiger partial charge is 0.0719 e. The third-order valence-electron chi connectivity index (χ3n) is 2.13. The van der Waals surface area contributed by atoms with Crippen LogP contribution in [0.2, 0.25) is 0 Å². The fourth-order valence-electron chi connectivity index (χ4n) is 1.27. The van der Waals surface area contributed by atoms with E-state index in [2.05, 4.69) is 29.1 Å². The van der Waals surface area contributed by atoms with Crippen molar-refractivity contribution in [3.8, 4) is 0 Å². The average Bonchev–Trinajstić information content (AvgIpc) is 2.25. The van der Waals surface area contributed by atoms with Gasteiger partial charge in [0.05, 0.1) is 13.2 Å². The Morgan fingerprint density at radius 1 is 1.00 bits per heavy atom. The van der Waals surface area contributed by atoms with E-state index in [1.165, 1.54) is 11.1 Å². The molecule has 0 aliphatic carbocycles. The summed E-state index contributed by atoms with van der Waals surface area (Å²) in [6.45, 7) is 1.34. The molecule has 0 bridgehead atoms. The van der Waals surface area contributed by atoms with E-state index in [1.807, 2.05) is 0 Å². The molecule has 0 saturated carbocycles. The maximum absolute atomic E-state index is 5.00. The Bertz CT molecular complexity index is 219. The van der Waals surface area contributed by atoms with Crippen molar-refractivity contribution in [3.05, 3.63) is 35.4 Å². The molecule has 1 aromatic rings. The zero-order valence-electron chi connectivity index (χ0n) is 8.53. The lowest BCUT2D eigenvalue weighted by atomic mass is 10.1. The maximum Gasteiger partial charge on any atom is 0.0719 e. The summed E-state index contributed by atoms with van der Waals surface area (Å²) in [7, 11) is 1.72. The number of benzene rings is 1. The molecule has 0 aliphatic heterocycles. The summed E-state index contributed by atoms with van der Waals surface area (Å²) in [6.07, 6.45) is 1.82. The first-order valence-corrected chi connectivity index (χ1v) is 4.75. The van der Waals surface area contributed by atoms with E-state index in [0.717, 1.165) is 19.4 Å². The molecule has 2 N–H and O–H groups in total. The summed E-state index contributed by atoms with van der Waals surface area (Å²) >= 11 is 0. The first-order chi connectivity index (χ1) is 6.86. The molecule has 0 fully saturated rings. The van der Waals surface area contributed by atoms with Crippen LogP contribution in [-0.4, -0.2) is 20.3 Å². The molecule has 1 aromatic carbocycles. The third kappa shape index (κ3) is 3.87. The van der Waals surface area contributed by atoms with Crippen molar-refractivity contribution in [1.82, 2.24) is 0 Å². The fourth-order valence-corrected chi connectivity index (χ4v) is 1.27. The molecule has 0 atom stereocenters. The van der Waals surface area contributed by atoms with E-state index in [4.69, 9.17) is 10.6 Å². The molecule has 0 radical (unpaired) electrons. The van der Waals surface area contributed by atoms with Crippen LogP contribution in [-0.2, 0) is 22.4 Å². The largest absolute Gasteiger partial charge is 0.384 e. The second-order valence-corrected chi connectivity index (χ2v) is 3.18. The highest BCUT2D eigenvalue weighted by Crippen LogP contribution is 2.05. The summed E-state index contributed by atoms with van der Waals surface area (Å²) < 4.78 is 5.00. The Morgan fingerprint density at radius 3 is 1.93 bits per heavy atom. The van der Waals surface area contributed by atoms with Crippen LogP contribution in [0.1, 0.15) is 11.1 Å². The van der Waals surface area contributed by atoms with Gasteiger partial charge < -0.3 is 9.57 Å². The summed E-state index contributed by atoms with van der Waals surface area (Å²) in [5, 5.41) is 0. The minimum atomic E-state index is 0.567. The van der Waals surface area contributed by atoms with Crippen LogP contribution in [0.5, 0.6) is 0 Å². The predicted octanol–water partition coefficient (Wildman–Crippen LogP) is 1.31. The highest BCUT2D eigenvalue weighted by molar-refractivity contribution is 5.22. The van der Waals surface area contributed by atoms with Crippen molar-refractivity contribution in [1.29, 1.82) is 0 Å². The van der Waals surface area contributed by atoms with Crippen LogP contribution in [0.4, 0.5) is 0 Å². The molecule has 3 nitrogen and oxygen atoms in total. The van der Waals surface area contributed by atoms with Gasteiger partial charge in [0.1, 0.15) is 0 Å². The number of nitrogens with two attached hydrogens (primary N) is 1. The summed E-state index contributed by atoms with van der Waals surface area (Å²) in [5.74, 6) is 4.96. The van der Waals surface area contributed by atoms with Crippen molar-refractivity contribution in [2.24, 2.45) is 5.90 Å². The first-order valence-electron chi connectivity index (χ1n) is 4.75. The van der Waals surface area contributed by atoms with E-state index in [1.54, 1.807) is 7.11 Å². The normalized spacial score (nSPS) is 10.4.